The molecule has 0 saturated carbocycles. The summed E-state index contributed by atoms with van der Waals surface area (Å²) in [6.07, 6.45) is 5.42. The predicted octanol–water partition coefficient (Wildman–Crippen LogP) is 12.5. The van der Waals surface area contributed by atoms with E-state index in [4.69, 9.17) is 14.5 Å². The van der Waals surface area contributed by atoms with Crippen molar-refractivity contribution in [3.8, 4) is 17.2 Å². The highest BCUT2D eigenvalue weighted by Gasteiger charge is 2.46. The Kier molecular flexibility index (Phi) is 14.3. The third kappa shape index (κ3) is 10.5. The second kappa shape index (κ2) is 17.2. The minimum atomic E-state index is -1.68. The van der Waals surface area contributed by atoms with Gasteiger partial charge >= 0.3 is 0 Å². The number of halogens is 1. The van der Waals surface area contributed by atoms with E-state index in [0.717, 1.165) is 59.4 Å². The molecule has 2 N–H and O–H groups in total. The fourth-order valence-electron chi connectivity index (χ4n) is 6.93. The third-order valence-corrected chi connectivity index (χ3v) is 10.2. The molecule has 1 atom stereocenters. The Hall–Kier alpha value is -3.38. The van der Waals surface area contributed by atoms with Crippen LogP contribution in [0.3, 0.4) is 0 Å². The van der Waals surface area contributed by atoms with Crippen molar-refractivity contribution in [2.75, 3.05) is 13.2 Å². The molecule has 0 fully saturated rings. The predicted molar refractivity (Wildman–Crippen MR) is 226 cm³/mol. The summed E-state index contributed by atoms with van der Waals surface area (Å²) in [6, 6.07) is 11.6. The number of unbranched alkanes of at least 4 members (excludes halogenated alkanes) is 2. The number of aliphatic hydroxyl groups is 1. The van der Waals surface area contributed by atoms with Crippen LogP contribution in [0.15, 0.2) is 47.5 Å². The van der Waals surface area contributed by atoms with Crippen LogP contribution in [0, 0.1) is 11.7 Å². The molecule has 3 rings (SSSR count). The summed E-state index contributed by atoms with van der Waals surface area (Å²) in [7, 11) is 0. The first-order valence-electron chi connectivity index (χ1n) is 20.2. The summed E-state index contributed by atoms with van der Waals surface area (Å²) in [5, 5.41) is 24.7. The van der Waals surface area contributed by atoms with Crippen molar-refractivity contribution in [2.24, 2.45) is 10.9 Å². The summed E-state index contributed by atoms with van der Waals surface area (Å²) < 4.78 is 27.8. The molecule has 0 heterocycles. The molecule has 54 heavy (non-hydrogen) atoms. The molecule has 0 bridgehead atoms. The average molecular weight is 746 g/mol. The van der Waals surface area contributed by atoms with Crippen LogP contribution in [-0.4, -0.2) is 35.7 Å². The normalized spacial score (nSPS) is 13.9. The first-order valence-corrected chi connectivity index (χ1v) is 20.2. The van der Waals surface area contributed by atoms with E-state index in [0.29, 0.717) is 24.3 Å². The van der Waals surface area contributed by atoms with Crippen molar-refractivity contribution in [3.05, 3.63) is 87.2 Å². The van der Waals surface area contributed by atoms with Gasteiger partial charge in [-0.25, -0.2) is 4.39 Å². The van der Waals surface area contributed by atoms with Gasteiger partial charge in [0.05, 0.1) is 19.3 Å². The Bertz CT molecular complexity index is 1580. The SMILES string of the molecule is CCCCOc1c(C(C)(C)C)cc(C(O)(c2cc(C(C)(C)C)c(OCCCC)c(C(C)(C)C)c2)C(N=Cc2cc(F)ccc2O)C(C)C)cc1C(C)(C)C. The van der Waals surface area contributed by atoms with Gasteiger partial charge in [0.1, 0.15) is 28.7 Å². The lowest BCUT2D eigenvalue weighted by atomic mass is 9.69. The van der Waals surface area contributed by atoms with Crippen LogP contribution in [0.5, 0.6) is 17.2 Å². The molecule has 300 valence electrons. The largest absolute Gasteiger partial charge is 0.507 e. The highest BCUT2D eigenvalue weighted by atomic mass is 19.1. The maximum Gasteiger partial charge on any atom is 0.137 e. The molecular formula is C48H72FNO4. The number of nitrogens with zero attached hydrogens (tertiary/aromatic N) is 1. The van der Waals surface area contributed by atoms with E-state index >= 15 is 0 Å². The number of aromatic hydroxyl groups is 1. The Morgan fingerprint density at radius 2 is 1.02 bits per heavy atom. The van der Waals surface area contributed by atoms with Crippen molar-refractivity contribution in [3.63, 3.8) is 0 Å². The zero-order valence-corrected chi connectivity index (χ0v) is 36.6. The first-order chi connectivity index (χ1) is 24.8. The van der Waals surface area contributed by atoms with E-state index in [1.54, 1.807) is 0 Å². The monoisotopic (exact) mass is 746 g/mol. The van der Waals surface area contributed by atoms with Crippen LogP contribution in [0.1, 0.15) is 175 Å². The molecule has 0 aliphatic rings. The van der Waals surface area contributed by atoms with E-state index < -0.39 is 17.5 Å². The van der Waals surface area contributed by atoms with Gasteiger partial charge in [-0.05, 0) is 94.0 Å². The van der Waals surface area contributed by atoms with Crippen molar-refractivity contribution in [1.29, 1.82) is 0 Å². The zero-order valence-electron chi connectivity index (χ0n) is 36.6. The number of aliphatic imine (C=N–C) groups is 1. The van der Waals surface area contributed by atoms with Gasteiger partial charge < -0.3 is 19.7 Å². The number of ether oxygens (including phenoxy) is 2. The minimum absolute atomic E-state index is 0.0802. The number of rotatable bonds is 14. The summed E-state index contributed by atoms with van der Waals surface area (Å²) in [6.45, 7) is 35.9. The van der Waals surface area contributed by atoms with Crippen LogP contribution in [0.25, 0.3) is 0 Å². The van der Waals surface area contributed by atoms with E-state index in [9.17, 15) is 14.6 Å². The zero-order chi connectivity index (χ0) is 41.0. The Morgan fingerprint density at radius 1 is 0.648 bits per heavy atom. The highest BCUT2D eigenvalue weighted by molar-refractivity contribution is 5.83. The second-order valence-electron chi connectivity index (χ2n) is 19.6. The van der Waals surface area contributed by atoms with E-state index in [1.807, 2.05) is 13.8 Å². The number of hydrogen-bond donors (Lipinski definition) is 2. The van der Waals surface area contributed by atoms with Gasteiger partial charge in [-0.2, -0.15) is 0 Å². The third-order valence-electron chi connectivity index (χ3n) is 10.2. The van der Waals surface area contributed by atoms with Crippen molar-refractivity contribution < 1.29 is 24.1 Å². The quantitative estimate of drug-likeness (QED) is 0.127. The van der Waals surface area contributed by atoms with Crippen molar-refractivity contribution >= 4 is 6.21 Å². The molecule has 0 aromatic heterocycles. The molecule has 5 nitrogen and oxygen atoms in total. The van der Waals surface area contributed by atoms with E-state index in [-0.39, 0.29) is 38.9 Å². The summed E-state index contributed by atoms with van der Waals surface area (Å²) >= 11 is 0. The molecule has 6 heteroatoms. The molecule has 0 spiro atoms. The number of hydrogen-bond acceptors (Lipinski definition) is 5. The standard InChI is InChI=1S/C48H72FNO4/c1-17-19-23-53-41-36(44(5,6)7)26-33(27-37(41)45(8,9)10)48(52,43(31(3)4)50-30-32-25-35(49)21-22-40(32)51)34-28-38(46(11,12)13)42(54-24-20-18-2)39(29-34)47(14,15)16/h21-22,25-31,43,51-52H,17-20,23-24H2,1-16H3. The number of phenolic OH excluding ortho intramolecular Hbond substituents is 1. The molecule has 0 saturated heterocycles. The maximum absolute atomic E-state index is 14.5. The van der Waals surface area contributed by atoms with Crippen LogP contribution >= 0.6 is 0 Å². The number of benzene rings is 3. The lowest BCUT2D eigenvalue weighted by Crippen LogP contribution is -2.44. The summed E-state index contributed by atoms with van der Waals surface area (Å²) in [5.41, 5.74) is 2.73. The summed E-state index contributed by atoms with van der Waals surface area (Å²) in [4.78, 5) is 5.09. The van der Waals surface area contributed by atoms with Crippen LogP contribution in [0.4, 0.5) is 4.39 Å². The molecule has 0 aliphatic carbocycles. The van der Waals surface area contributed by atoms with Crippen molar-refractivity contribution in [2.45, 2.75) is 170 Å². The van der Waals surface area contributed by atoms with Gasteiger partial charge in [0.15, 0.2) is 0 Å². The lowest BCUT2D eigenvalue weighted by molar-refractivity contribution is 0.0359. The Morgan fingerprint density at radius 3 is 1.33 bits per heavy atom. The van der Waals surface area contributed by atoms with Crippen LogP contribution in [-0.2, 0) is 27.3 Å². The number of phenols is 1. The van der Waals surface area contributed by atoms with Gasteiger partial charge in [0, 0.05) is 34.0 Å². The highest BCUT2D eigenvalue weighted by Crippen LogP contribution is 2.49. The van der Waals surface area contributed by atoms with Gasteiger partial charge in [0.25, 0.3) is 0 Å². The topological polar surface area (TPSA) is 71.3 Å². The van der Waals surface area contributed by atoms with Gasteiger partial charge in [-0.1, -0.05) is 124 Å². The molecule has 3 aromatic carbocycles. The first kappa shape index (κ1) is 45.0. The maximum atomic E-state index is 14.5. The molecular weight excluding hydrogens is 674 g/mol. The minimum Gasteiger partial charge on any atom is -0.507 e. The van der Waals surface area contributed by atoms with E-state index in [2.05, 4.69) is 121 Å². The van der Waals surface area contributed by atoms with E-state index in [1.165, 1.54) is 24.4 Å². The van der Waals surface area contributed by atoms with Gasteiger partial charge in [-0.3, -0.25) is 4.99 Å². The lowest BCUT2D eigenvalue weighted by Gasteiger charge is -2.41. The molecule has 0 aliphatic heterocycles. The smallest absolute Gasteiger partial charge is 0.137 e. The Labute approximate surface area is 327 Å². The molecule has 0 amide bonds. The average Bonchev–Trinajstić information content (AvgIpc) is 3.04. The van der Waals surface area contributed by atoms with Crippen LogP contribution in [0.2, 0.25) is 0 Å². The fourth-order valence-corrected chi connectivity index (χ4v) is 6.93. The second-order valence-corrected chi connectivity index (χ2v) is 19.6. The van der Waals surface area contributed by atoms with Crippen molar-refractivity contribution in [1.82, 2.24) is 0 Å². The fraction of sp³-hybridized carbons (Fsp3) is 0.604. The van der Waals surface area contributed by atoms with Gasteiger partial charge in [0.2, 0.25) is 0 Å². The molecule has 0 radical (unpaired) electrons. The molecule has 1 unspecified atom stereocenters. The molecule has 3 aromatic rings. The summed E-state index contributed by atoms with van der Waals surface area (Å²) in [5.74, 6) is 0.999. The Balaban J connectivity index is 2.65. The van der Waals surface area contributed by atoms with Crippen LogP contribution < -0.4 is 9.47 Å². The van der Waals surface area contributed by atoms with Gasteiger partial charge in [-0.15, -0.1) is 0 Å².